The van der Waals surface area contributed by atoms with Gasteiger partial charge in [0.2, 0.25) is 0 Å². The summed E-state index contributed by atoms with van der Waals surface area (Å²) in [5.41, 5.74) is 8.92. The quantitative estimate of drug-likeness (QED) is 0.183. The van der Waals surface area contributed by atoms with Crippen molar-refractivity contribution in [3.05, 3.63) is 121 Å². The zero-order chi connectivity index (χ0) is 32.8. The Kier molecular flexibility index (Phi) is 6.24. The monoisotopic (exact) mass is 666 g/mol. The summed E-state index contributed by atoms with van der Waals surface area (Å²) in [4.78, 5) is 19.7. The Morgan fingerprint density at radius 2 is 1.10 bits per heavy atom. The van der Waals surface area contributed by atoms with E-state index in [0.29, 0.717) is 17.5 Å². The first-order valence-electron chi connectivity index (χ1n) is 17.9. The lowest BCUT2D eigenvalue weighted by molar-refractivity contribution is -0.00457. The average molecular weight is 667 g/mol. The van der Waals surface area contributed by atoms with Gasteiger partial charge in [0.15, 0.2) is 29.4 Å². The highest BCUT2D eigenvalue weighted by Gasteiger charge is 2.52. The van der Waals surface area contributed by atoms with Gasteiger partial charge in [0.1, 0.15) is 5.52 Å². The molecule has 0 spiro atoms. The summed E-state index contributed by atoms with van der Waals surface area (Å²) in [6.45, 7) is 0. The fourth-order valence-corrected chi connectivity index (χ4v) is 11.3. The minimum atomic E-state index is 0.276. The Balaban J connectivity index is 0.988. The van der Waals surface area contributed by atoms with E-state index in [1.807, 2.05) is 72.0 Å². The van der Waals surface area contributed by atoms with Crippen molar-refractivity contribution in [2.24, 2.45) is 17.8 Å². The molecule has 0 saturated heterocycles. The molecular formula is C44H34N4OS. The molecule has 242 valence electrons. The Bertz CT molecular complexity index is 2500. The van der Waals surface area contributed by atoms with Crippen molar-refractivity contribution in [2.45, 2.75) is 43.9 Å². The molecule has 0 N–H and O–H groups in total. The third-order valence-corrected chi connectivity index (χ3v) is 13.0. The number of nitrogens with zero attached hydrogens (tertiary/aromatic N) is 4. The van der Waals surface area contributed by atoms with E-state index < -0.39 is 0 Å². The van der Waals surface area contributed by atoms with E-state index in [2.05, 4.69) is 48.5 Å². The molecule has 0 unspecified atom stereocenters. The first-order valence-corrected chi connectivity index (χ1v) is 18.7. The molecule has 3 aromatic heterocycles. The summed E-state index contributed by atoms with van der Waals surface area (Å²) in [6.07, 6.45) is 9.94. The summed E-state index contributed by atoms with van der Waals surface area (Å²) in [7, 11) is 0. The SMILES string of the molecule is c1ccc(-c2nc(-c3ccccc3)nc(-c3ccc4c(c3)sc3cc(-c5ccc(C67CC8CC(CC(C8)C6)C7)c6ncoc56)ccc34)n2)cc1. The van der Waals surface area contributed by atoms with E-state index in [0.717, 1.165) is 51.1 Å². The molecule has 3 heterocycles. The maximum absolute atomic E-state index is 6.20. The van der Waals surface area contributed by atoms with Gasteiger partial charge in [-0.15, -0.1) is 11.3 Å². The van der Waals surface area contributed by atoms with Crippen LogP contribution in [0, 0.1) is 17.8 Å². The van der Waals surface area contributed by atoms with Crippen molar-refractivity contribution in [1.82, 2.24) is 19.9 Å². The van der Waals surface area contributed by atoms with Gasteiger partial charge in [0.25, 0.3) is 0 Å². The van der Waals surface area contributed by atoms with Crippen LogP contribution in [0.1, 0.15) is 44.1 Å². The van der Waals surface area contributed by atoms with Gasteiger partial charge in [0, 0.05) is 42.4 Å². The van der Waals surface area contributed by atoms with E-state index in [1.165, 1.54) is 69.8 Å². The molecule has 5 nitrogen and oxygen atoms in total. The first kappa shape index (κ1) is 28.6. The van der Waals surface area contributed by atoms with Gasteiger partial charge >= 0.3 is 0 Å². The normalized spacial score (nSPS) is 22.6. The molecule has 12 rings (SSSR count). The third kappa shape index (κ3) is 4.51. The predicted octanol–water partition coefficient (Wildman–Crippen LogP) is 11.5. The molecule has 6 heteroatoms. The number of hydrogen-bond acceptors (Lipinski definition) is 6. The smallest absolute Gasteiger partial charge is 0.182 e. The van der Waals surface area contributed by atoms with Crippen LogP contribution in [-0.4, -0.2) is 19.9 Å². The van der Waals surface area contributed by atoms with Crippen LogP contribution < -0.4 is 0 Å². The molecule has 0 amide bonds. The molecule has 4 bridgehead atoms. The maximum atomic E-state index is 6.20. The van der Waals surface area contributed by atoms with E-state index in [9.17, 15) is 0 Å². The Labute approximate surface area is 294 Å². The molecule has 0 aliphatic heterocycles. The highest BCUT2D eigenvalue weighted by atomic mass is 32.1. The summed E-state index contributed by atoms with van der Waals surface area (Å²) < 4.78 is 8.66. The highest BCUT2D eigenvalue weighted by Crippen LogP contribution is 2.61. The zero-order valence-corrected chi connectivity index (χ0v) is 28.4. The van der Waals surface area contributed by atoms with Crippen LogP contribution in [0.15, 0.2) is 120 Å². The van der Waals surface area contributed by atoms with Crippen molar-refractivity contribution in [1.29, 1.82) is 0 Å². The van der Waals surface area contributed by atoms with E-state index >= 15 is 0 Å². The van der Waals surface area contributed by atoms with Crippen LogP contribution in [-0.2, 0) is 5.41 Å². The van der Waals surface area contributed by atoms with Gasteiger partial charge in [-0.3, -0.25) is 0 Å². The molecule has 50 heavy (non-hydrogen) atoms. The standard InChI is InChI=1S/C44H34N4OS/c1-3-7-29(8-4-1)41-46-42(30-9-5-2-6-10-30)48-43(47-41)32-12-14-35-34-13-11-31(20-37(34)50-38(35)21-32)33-15-16-36(39-40(33)49-25-45-39)44-22-26-17-27(23-44)19-28(18-26)24-44/h1-16,20-21,25-28H,17-19,22-24H2. The summed E-state index contributed by atoms with van der Waals surface area (Å²) in [5, 5.41) is 2.49. The highest BCUT2D eigenvalue weighted by molar-refractivity contribution is 7.25. The average Bonchev–Trinajstić information content (AvgIpc) is 3.79. The molecule has 0 radical (unpaired) electrons. The second-order valence-corrected chi connectivity index (χ2v) is 16.0. The molecule has 4 saturated carbocycles. The van der Waals surface area contributed by atoms with Crippen molar-refractivity contribution in [3.8, 4) is 45.3 Å². The van der Waals surface area contributed by atoms with Crippen LogP contribution in [0.25, 0.3) is 76.6 Å². The minimum Gasteiger partial charge on any atom is -0.443 e. The molecule has 4 aliphatic carbocycles. The fraction of sp³-hybridized carbons (Fsp3) is 0.227. The number of benzene rings is 5. The van der Waals surface area contributed by atoms with E-state index in [4.69, 9.17) is 24.4 Å². The second-order valence-electron chi connectivity index (χ2n) is 15.0. The lowest BCUT2D eigenvalue weighted by Gasteiger charge is -2.57. The van der Waals surface area contributed by atoms with Gasteiger partial charge in [-0.2, -0.15) is 0 Å². The Hall–Kier alpha value is -5.20. The number of thiophene rings is 1. The molecule has 8 aromatic rings. The van der Waals surface area contributed by atoms with Gasteiger partial charge < -0.3 is 4.42 Å². The number of oxazole rings is 1. The number of aromatic nitrogens is 4. The fourth-order valence-electron chi connectivity index (χ4n) is 10.1. The molecule has 4 fully saturated rings. The lowest BCUT2D eigenvalue weighted by Crippen LogP contribution is -2.48. The minimum absolute atomic E-state index is 0.276. The van der Waals surface area contributed by atoms with Crippen molar-refractivity contribution in [3.63, 3.8) is 0 Å². The Morgan fingerprint density at radius 3 is 1.70 bits per heavy atom. The van der Waals surface area contributed by atoms with Gasteiger partial charge in [-0.25, -0.2) is 19.9 Å². The van der Waals surface area contributed by atoms with Crippen molar-refractivity contribution < 1.29 is 4.42 Å². The van der Waals surface area contributed by atoms with Crippen LogP contribution in [0.2, 0.25) is 0 Å². The van der Waals surface area contributed by atoms with E-state index in [-0.39, 0.29) is 5.41 Å². The topological polar surface area (TPSA) is 64.7 Å². The van der Waals surface area contributed by atoms with Crippen LogP contribution in [0.4, 0.5) is 0 Å². The number of hydrogen-bond donors (Lipinski definition) is 0. The van der Waals surface area contributed by atoms with Crippen LogP contribution in [0.5, 0.6) is 0 Å². The Morgan fingerprint density at radius 1 is 0.560 bits per heavy atom. The van der Waals surface area contributed by atoms with Gasteiger partial charge in [0.05, 0.1) is 0 Å². The van der Waals surface area contributed by atoms with Crippen LogP contribution >= 0.6 is 11.3 Å². The molecule has 4 aliphatic rings. The summed E-state index contributed by atoms with van der Waals surface area (Å²) in [6, 6.07) is 38.4. The first-order chi connectivity index (χ1) is 24.7. The second kappa shape index (κ2) is 10.9. The molecule has 0 atom stereocenters. The predicted molar refractivity (Wildman–Crippen MR) is 202 cm³/mol. The van der Waals surface area contributed by atoms with Crippen molar-refractivity contribution >= 4 is 42.6 Å². The third-order valence-electron chi connectivity index (χ3n) is 11.8. The van der Waals surface area contributed by atoms with Gasteiger partial charge in [-0.05, 0) is 85.0 Å². The van der Waals surface area contributed by atoms with E-state index in [1.54, 1.807) is 6.39 Å². The summed E-state index contributed by atoms with van der Waals surface area (Å²) in [5.74, 6) is 4.68. The van der Waals surface area contributed by atoms with Crippen LogP contribution in [0.3, 0.4) is 0 Å². The zero-order valence-electron chi connectivity index (χ0n) is 27.5. The number of rotatable bonds is 5. The number of fused-ring (bicyclic) bond motifs is 4. The molecular weight excluding hydrogens is 633 g/mol. The lowest BCUT2D eigenvalue weighted by atomic mass is 9.48. The largest absolute Gasteiger partial charge is 0.443 e. The maximum Gasteiger partial charge on any atom is 0.182 e. The molecule has 5 aromatic carbocycles. The van der Waals surface area contributed by atoms with Crippen molar-refractivity contribution in [2.75, 3.05) is 0 Å². The summed E-state index contributed by atoms with van der Waals surface area (Å²) >= 11 is 1.81. The van der Waals surface area contributed by atoms with Gasteiger partial charge in [-0.1, -0.05) is 97.1 Å².